The van der Waals surface area contributed by atoms with Crippen LogP contribution >= 0.6 is 0 Å². The third-order valence-corrected chi connectivity index (χ3v) is 7.00. The van der Waals surface area contributed by atoms with E-state index in [0.717, 1.165) is 25.3 Å². The highest BCUT2D eigenvalue weighted by atomic mass is 19.1. The van der Waals surface area contributed by atoms with Crippen LogP contribution in [0.15, 0.2) is 48.5 Å². The first kappa shape index (κ1) is 24.8. The number of carbonyl (C=O) groups is 3. The number of hydrogen-bond donors (Lipinski definition) is 2. The normalized spacial score (nSPS) is 21.8. The first-order chi connectivity index (χ1) is 16.8. The summed E-state index contributed by atoms with van der Waals surface area (Å²) in [5.74, 6) is -3.18. The predicted molar refractivity (Wildman–Crippen MR) is 126 cm³/mol. The van der Waals surface area contributed by atoms with Gasteiger partial charge in [-0.25, -0.2) is 8.78 Å². The minimum absolute atomic E-state index is 0.0205. The lowest BCUT2D eigenvalue weighted by Crippen LogP contribution is -2.56. The zero-order valence-corrected chi connectivity index (χ0v) is 19.5. The zero-order valence-electron chi connectivity index (χ0n) is 19.5. The lowest BCUT2D eigenvalue weighted by Gasteiger charge is -2.44. The number of hydrogen-bond acceptors (Lipinski definition) is 4. The fraction of sp³-hybridized carbons (Fsp3) is 0.423. The van der Waals surface area contributed by atoms with Gasteiger partial charge in [0.15, 0.2) is 0 Å². The molecule has 9 heteroatoms. The van der Waals surface area contributed by atoms with Crippen molar-refractivity contribution >= 4 is 17.7 Å². The number of nitrogens with one attached hydrogen (secondary N) is 1. The highest BCUT2D eigenvalue weighted by Gasteiger charge is 2.38. The van der Waals surface area contributed by atoms with E-state index >= 15 is 0 Å². The number of halogens is 2. The van der Waals surface area contributed by atoms with Gasteiger partial charge >= 0.3 is 0 Å². The van der Waals surface area contributed by atoms with Crippen molar-refractivity contribution in [2.45, 2.75) is 37.8 Å². The van der Waals surface area contributed by atoms with E-state index in [1.165, 1.54) is 6.07 Å². The smallest absolute Gasteiger partial charge is 0.256 e. The Morgan fingerprint density at radius 3 is 2.29 bits per heavy atom. The van der Waals surface area contributed by atoms with E-state index in [4.69, 9.17) is 5.73 Å². The number of carbonyl (C=O) groups excluding carboxylic acids is 3. The first-order valence-corrected chi connectivity index (χ1v) is 12.0. The zero-order chi connectivity index (χ0) is 24.9. The Hall–Kier alpha value is -3.33. The molecule has 2 aliphatic rings. The largest absolute Gasteiger partial charge is 0.368 e. The molecule has 2 aromatic rings. The summed E-state index contributed by atoms with van der Waals surface area (Å²) < 4.78 is 27.3. The maximum Gasteiger partial charge on any atom is 0.256 e. The molecule has 35 heavy (non-hydrogen) atoms. The van der Waals surface area contributed by atoms with Gasteiger partial charge in [-0.05, 0) is 30.5 Å². The Labute approximate surface area is 203 Å². The highest BCUT2D eigenvalue weighted by Crippen LogP contribution is 2.30. The standard InChI is InChI=1S/C26H30F2N4O3/c27-18-10-11-19(21(28)16-18)26(35)32-14-12-31(13-15-32)22-9-5-4-8-20(22)25(34)30-23(24(29)33)17-6-2-1-3-7-17/h1-3,6-7,10-11,16,20,22-23H,4-5,8-9,12-15H2,(H2,29,33)(H,30,34)/t20-,22-,23+/m1/s1. The van der Waals surface area contributed by atoms with Crippen molar-refractivity contribution in [3.63, 3.8) is 0 Å². The third-order valence-electron chi connectivity index (χ3n) is 7.00. The van der Waals surface area contributed by atoms with E-state index in [1.54, 1.807) is 29.2 Å². The summed E-state index contributed by atoms with van der Waals surface area (Å²) in [5, 5.41) is 2.85. The van der Waals surface area contributed by atoms with Gasteiger partial charge in [-0.2, -0.15) is 0 Å². The quantitative estimate of drug-likeness (QED) is 0.659. The fourth-order valence-corrected chi connectivity index (χ4v) is 5.16. The molecule has 3 atom stereocenters. The molecule has 0 spiro atoms. The maximum absolute atomic E-state index is 14.1. The second-order valence-corrected chi connectivity index (χ2v) is 9.17. The van der Waals surface area contributed by atoms with Crippen LogP contribution in [0.5, 0.6) is 0 Å². The fourth-order valence-electron chi connectivity index (χ4n) is 5.16. The molecule has 3 amide bonds. The molecular formula is C26H30F2N4O3. The molecule has 7 nitrogen and oxygen atoms in total. The van der Waals surface area contributed by atoms with Crippen LogP contribution in [0.2, 0.25) is 0 Å². The van der Waals surface area contributed by atoms with Crippen LogP contribution < -0.4 is 11.1 Å². The van der Waals surface area contributed by atoms with Crippen molar-refractivity contribution in [2.24, 2.45) is 11.7 Å². The second-order valence-electron chi connectivity index (χ2n) is 9.17. The SMILES string of the molecule is NC(=O)[C@@H](NC(=O)[C@@H]1CCCC[C@H]1N1CCN(C(=O)c2ccc(F)cc2F)CC1)c1ccccc1. The Kier molecular flexibility index (Phi) is 7.75. The van der Waals surface area contributed by atoms with Crippen molar-refractivity contribution in [1.29, 1.82) is 0 Å². The number of benzene rings is 2. The van der Waals surface area contributed by atoms with Gasteiger partial charge < -0.3 is 16.0 Å². The summed E-state index contributed by atoms with van der Waals surface area (Å²) in [6.07, 6.45) is 3.46. The summed E-state index contributed by atoms with van der Waals surface area (Å²) >= 11 is 0. The van der Waals surface area contributed by atoms with Crippen LogP contribution in [-0.4, -0.2) is 59.7 Å². The molecule has 1 aliphatic carbocycles. The molecule has 4 rings (SSSR count). The first-order valence-electron chi connectivity index (χ1n) is 12.0. The van der Waals surface area contributed by atoms with Gasteiger partial charge in [0.2, 0.25) is 11.8 Å². The molecule has 186 valence electrons. The highest BCUT2D eigenvalue weighted by molar-refractivity contribution is 5.94. The van der Waals surface area contributed by atoms with Crippen LogP contribution in [0.3, 0.4) is 0 Å². The van der Waals surface area contributed by atoms with Crippen LogP contribution in [0.25, 0.3) is 0 Å². The number of piperazine rings is 1. The average molecular weight is 485 g/mol. The van der Waals surface area contributed by atoms with Gasteiger partial charge in [0.1, 0.15) is 17.7 Å². The molecule has 1 saturated heterocycles. The van der Waals surface area contributed by atoms with E-state index in [9.17, 15) is 23.2 Å². The van der Waals surface area contributed by atoms with Crippen LogP contribution in [0, 0.1) is 17.6 Å². The molecule has 1 heterocycles. The molecule has 1 aliphatic heterocycles. The van der Waals surface area contributed by atoms with Crippen molar-refractivity contribution in [3.05, 3.63) is 71.3 Å². The van der Waals surface area contributed by atoms with Crippen molar-refractivity contribution in [3.8, 4) is 0 Å². The minimum atomic E-state index is -0.897. The van der Waals surface area contributed by atoms with Gasteiger partial charge in [-0.15, -0.1) is 0 Å². The molecule has 2 aromatic carbocycles. The van der Waals surface area contributed by atoms with Crippen molar-refractivity contribution in [2.75, 3.05) is 26.2 Å². The molecule has 3 N–H and O–H groups in total. The summed E-state index contributed by atoms with van der Waals surface area (Å²) in [7, 11) is 0. The van der Waals surface area contributed by atoms with Crippen LogP contribution in [0.1, 0.15) is 47.6 Å². The van der Waals surface area contributed by atoms with Crippen LogP contribution in [-0.2, 0) is 9.59 Å². The molecule has 0 aromatic heterocycles. The molecule has 2 fully saturated rings. The number of rotatable bonds is 6. The Balaban J connectivity index is 1.40. The second kappa shape index (κ2) is 10.9. The molecular weight excluding hydrogens is 454 g/mol. The topological polar surface area (TPSA) is 95.7 Å². The van der Waals surface area contributed by atoms with E-state index in [0.29, 0.717) is 44.2 Å². The van der Waals surface area contributed by atoms with E-state index < -0.39 is 29.5 Å². The summed E-state index contributed by atoms with van der Waals surface area (Å²) in [4.78, 5) is 41.9. The Bertz CT molecular complexity index is 1070. The van der Waals surface area contributed by atoms with Gasteiger partial charge in [0.25, 0.3) is 5.91 Å². The Morgan fingerprint density at radius 1 is 0.943 bits per heavy atom. The van der Waals surface area contributed by atoms with Crippen molar-refractivity contribution in [1.82, 2.24) is 15.1 Å². The lowest BCUT2D eigenvalue weighted by molar-refractivity contribution is -0.133. The van der Waals surface area contributed by atoms with Crippen molar-refractivity contribution < 1.29 is 23.2 Å². The monoisotopic (exact) mass is 484 g/mol. The lowest BCUT2D eigenvalue weighted by atomic mass is 9.82. The number of nitrogens with zero attached hydrogens (tertiary/aromatic N) is 2. The third kappa shape index (κ3) is 5.67. The average Bonchev–Trinajstić information content (AvgIpc) is 2.87. The summed E-state index contributed by atoms with van der Waals surface area (Å²) in [6, 6.07) is 11.0. The van der Waals surface area contributed by atoms with Gasteiger partial charge in [-0.1, -0.05) is 43.2 Å². The number of nitrogens with two attached hydrogens (primary N) is 1. The summed E-state index contributed by atoms with van der Waals surface area (Å²) in [6.45, 7) is 1.85. The van der Waals surface area contributed by atoms with Gasteiger partial charge in [-0.3, -0.25) is 19.3 Å². The van der Waals surface area contributed by atoms with E-state index in [-0.39, 0.29) is 23.4 Å². The predicted octanol–water partition coefficient (Wildman–Crippen LogP) is 2.62. The molecule has 0 unspecified atom stereocenters. The Morgan fingerprint density at radius 2 is 1.63 bits per heavy atom. The molecule has 0 bridgehead atoms. The number of primary amides is 1. The van der Waals surface area contributed by atoms with E-state index in [2.05, 4.69) is 10.2 Å². The molecule has 0 radical (unpaired) electrons. The minimum Gasteiger partial charge on any atom is -0.368 e. The maximum atomic E-state index is 14.1. The summed E-state index contributed by atoms with van der Waals surface area (Å²) in [5.41, 5.74) is 6.08. The number of amides is 3. The van der Waals surface area contributed by atoms with Crippen LogP contribution in [0.4, 0.5) is 8.78 Å². The van der Waals surface area contributed by atoms with Gasteiger partial charge in [0.05, 0.1) is 11.5 Å². The molecule has 1 saturated carbocycles. The van der Waals surface area contributed by atoms with E-state index in [1.807, 2.05) is 6.07 Å². The van der Waals surface area contributed by atoms with Gasteiger partial charge in [0, 0.05) is 38.3 Å².